The molecule has 1 aromatic rings. The van der Waals surface area contributed by atoms with Gasteiger partial charge in [-0.1, -0.05) is 37.5 Å². The number of halogens is 2. The first-order valence-corrected chi connectivity index (χ1v) is 6.76. The van der Waals surface area contributed by atoms with E-state index in [9.17, 15) is 0 Å². The molecule has 1 N–H and O–H groups in total. The number of hydrogen-bond donors (Lipinski definition) is 1. The number of anilines is 1. The van der Waals surface area contributed by atoms with Gasteiger partial charge in [-0.2, -0.15) is 0 Å². The quantitative estimate of drug-likeness (QED) is 0.904. The summed E-state index contributed by atoms with van der Waals surface area (Å²) in [5, 5.41) is 3.71. The second kappa shape index (κ2) is 9.46. The molecular weight excluding hydrogens is 279 g/mol. The molecule has 0 bridgehead atoms. The third kappa shape index (κ3) is 5.60. The number of para-hydroxylation sites is 1. The fourth-order valence-corrected chi connectivity index (χ4v) is 2.66. The zero-order valence-corrected chi connectivity index (χ0v) is 13.5. The molecule has 0 spiro atoms. The highest BCUT2D eigenvalue weighted by Crippen LogP contribution is 2.20. The molecule has 0 heterocycles. The Morgan fingerprint density at radius 2 is 1.68 bits per heavy atom. The van der Waals surface area contributed by atoms with Gasteiger partial charge in [0.25, 0.3) is 0 Å². The van der Waals surface area contributed by atoms with E-state index in [1.807, 2.05) is 0 Å². The molecule has 1 aliphatic rings. The molecule has 0 aromatic heterocycles. The van der Waals surface area contributed by atoms with Gasteiger partial charge in [0.15, 0.2) is 0 Å². The van der Waals surface area contributed by atoms with Crippen LogP contribution in [-0.2, 0) is 6.54 Å². The van der Waals surface area contributed by atoms with E-state index in [2.05, 4.69) is 48.6 Å². The lowest BCUT2D eigenvalue weighted by molar-refractivity contribution is 0.372. The highest BCUT2D eigenvalue weighted by atomic mass is 35.5. The molecule has 0 radical (unpaired) electrons. The molecule has 0 unspecified atom stereocenters. The summed E-state index contributed by atoms with van der Waals surface area (Å²) in [6.07, 6.45) is 6.92. The molecule has 4 heteroatoms. The van der Waals surface area contributed by atoms with Gasteiger partial charge in [0.2, 0.25) is 0 Å². The van der Waals surface area contributed by atoms with Crippen LogP contribution < -0.4 is 10.2 Å². The Kier molecular flexibility index (Phi) is 9.24. The smallest absolute Gasteiger partial charge is 0.0406 e. The van der Waals surface area contributed by atoms with Gasteiger partial charge >= 0.3 is 0 Å². The van der Waals surface area contributed by atoms with Crippen LogP contribution in [0.15, 0.2) is 24.3 Å². The Morgan fingerprint density at radius 3 is 2.32 bits per heavy atom. The Labute approximate surface area is 129 Å². The molecule has 1 fully saturated rings. The maximum absolute atomic E-state index is 3.71. The maximum atomic E-state index is 3.71. The van der Waals surface area contributed by atoms with Crippen LogP contribution in [0.2, 0.25) is 0 Å². The third-order valence-electron chi connectivity index (χ3n) is 3.66. The highest BCUT2D eigenvalue weighted by molar-refractivity contribution is 5.85. The van der Waals surface area contributed by atoms with Gasteiger partial charge in [-0.25, -0.2) is 0 Å². The minimum Gasteiger partial charge on any atom is -0.377 e. The summed E-state index contributed by atoms with van der Waals surface area (Å²) in [6.45, 7) is 0.999. The summed E-state index contributed by atoms with van der Waals surface area (Å²) in [6, 6.07) is 9.40. The van der Waals surface area contributed by atoms with Crippen LogP contribution in [-0.4, -0.2) is 20.1 Å². The van der Waals surface area contributed by atoms with Crippen molar-refractivity contribution in [1.29, 1.82) is 0 Å². The molecule has 0 amide bonds. The number of nitrogens with zero attached hydrogens (tertiary/aromatic N) is 1. The number of nitrogens with one attached hydrogen (secondary N) is 1. The van der Waals surface area contributed by atoms with E-state index in [4.69, 9.17) is 0 Å². The molecular formula is C15H26Cl2N2. The van der Waals surface area contributed by atoms with Crippen molar-refractivity contribution in [3.63, 3.8) is 0 Å². The van der Waals surface area contributed by atoms with Crippen LogP contribution in [0.5, 0.6) is 0 Å². The molecule has 2 nitrogen and oxygen atoms in total. The molecule has 0 atom stereocenters. The van der Waals surface area contributed by atoms with Gasteiger partial charge in [-0.15, -0.1) is 24.8 Å². The van der Waals surface area contributed by atoms with Gasteiger partial charge < -0.3 is 10.2 Å². The zero-order valence-electron chi connectivity index (χ0n) is 11.9. The molecule has 1 aromatic carbocycles. The predicted molar refractivity (Wildman–Crippen MR) is 89.0 cm³/mol. The average molecular weight is 305 g/mol. The lowest BCUT2D eigenvalue weighted by atomic mass is 9.95. The van der Waals surface area contributed by atoms with Crippen molar-refractivity contribution < 1.29 is 0 Å². The van der Waals surface area contributed by atoms with E-state index in [0.29, 0.717) is 0 Å². The largest absolute Gasteiger partial charge is 0.377 e. The first kappa shape index (κ1) is 18.6. The van der Waals surface area contributed by atoms with Crippen LogP contribution >= 0.6 is 24.8 Å². The first-order valence-electron chi connectivity index (χ1n) is 6.76. The second-order valence-corrected chi connectivity index (χ2v) is 5.24. The monoisotopic (exact) mass is 304 g/mol. The van der Waals surface area contributed by atoms with Crippen LogP contribution in [0.25, 0.3) is 0 Å². The maximum Gasteiger partial charge on any atom is 0.0406 e. The zero-order chi connectivity index (χ0) is 12.1. The van der Waals surface area contributed by atoms with Crippen molar-refractivity contribution in [2.75, 3.05) is 19.0 Å². The molecule has 1 saturated carbocycles. The van der Waals surface area contributed by atoms with E-state index in [1.165, 1.54) is 43.4 Å². The Hall–Kier alpha value is -0.440. The number of benzene rings is 1. The summed E-state index contributed by atoms with van der Waals surface area (Å²) in [4.78, 5) is 2.19. The van der Waals surface area contributed by atoms with Crippen LogP contribution in [0.3, 0.4) is 0 Å². The van der Waals surface area contributed by atoms with Crippen LogP contribution in [0.4, 0.5) is 5.69 Å². The van der Waals surface area contributed by atoms with Crippen LogP contribution in [0, 0.1) is 0 Å². The topological polar surface area (TPSA) is 15.3 Å². The van der Waals surface area contributed by atoms with Crippen molar-refractivity contribution in [1.82, 2.24) is 5.32 Å². The fourth-order valence-electron chi connectivity index (χ4n) is 2.66. The van der Waals surface area contributed by atoms with E-state index < -0.39 is 0 Å². The number of hydrogen-bond acceptors (Lipinski definition) is 2. The molecule has 110 valence electrons. The summed E-state index contributed by atoms with van der Waals surface area (Å²) >= 11 is 0. The van der Waals surface area contributed by atoms with Gasteiger partial charge in [0.05, 0.1) is 0 Å². The summed E-state index contributed by atoms with van der Waals surface area (Å²) in [7, 11) is 4.22. The summed E-state index contributed by atoms with van der Waals surface area (Å²) < 4.78 is 0. The van der Waals surface area contributed by atoms with E-state index in [0.717, 1.165) is 12.6 Å². The van der Waals surface area contributed by atoms with E-state index in [-0.39, 0.29) is 24.8 Å². The first-order chi connectivity index (χ1) is 8.27. The van der Waals surface area contributed by atoms with Crippen molar-refractivity contribution in [2.24, 2.45) is 0 Å². The van der Waals surface area contributed by atoms with Gasteiger partial charge in [-0.05, 0) is 24.5 Å². The van der Waals surface area contributed by atoms with Gasteiger partial charge in [0.1, 0.15) is 0 Å². The summed E-state index contributed by atoms with van der Waals surface area (Å²) in [5.74, 6) is 0. The van der Waals surface area contributed by atoms with Crippen molar-refractivity contribution >= 4 is 30.5 Å². The predicted octanol–water partition coefficient (Wildman–Crippen LogP) is 4.02. The molecule has 0 saturated heterocycles. The molecule has 0 aliphatic heterocycles. The normalized spacial score (nSPS) is 15.3. The van der Waals surface area contributed by atoms with Crippen molar-refractivity contribution in [3.05, 3.63) is 29.8 Å². The summed E-state index contributed by atoms with van der Waals surface area (Å²) in [5.41, 5.74) is 2.74. The minimum atomic E-state index is 0. The fraction of sp³-hybridized carbons (Fsp3) is 0.600. The Morgan fingerprint density at radius 1 is 1.05 bits per heavy atom. The second-order valence-electron chi connectivity index (χ2n) is 5.24. The Bertz CT molecular complexity index is 350. The molecule has 1 aliphatic carbocycles. The molecule has 19 heavy (non-hydrogen) atoms. The molecule has 2 rings (SSSR count). The average Bonchev–Trinajstić information content (AvgIpc) is 2.38. The Balaban J connectivity index is 0.00000162. The van der Waals surface area contributed by atoms with Crippen LogP contribution in [0.1, 0.15) is 37.7 Å². The van der Waals surface area contributed by atoms with Crippen molar-refractivity contribution in [3.8, 4) is 0 Å². The van der Waals surface area contributed by atoms with E-state index in [1.54, 1.807) is 0 Å². The van der Waals surface area contributed by atoms with Gasteiger partial charge in [-0.3, -0.25) is 0 Å². The third-order valence-corrected chi connectivity index (χ3v) is 3.66. The highest BCUT2D eigenvalue weighted by Gasteiger charge is 2.13. The lowest BCUT2D eigenvalue weighted by Gasteiger charge is -2.24. The SMILES string of the molecule is CN(C)c1ccccc1CNC1CCCCC1.Cl.Cl. The number of rotatable bonds is 4. The minimum absolute atomic E-state index is 0. The van der Waals surface area contributed by atoms with E-state index >= 15 is 0 Å². The van der Waals surface area contributed by atoms with Crippen molar-refractivity contribution in [2.45, 2.75) is 44.7 Å². The lowest BCUT2D eigenvalue weighted by Crippen LogP contribution is -2.31. The van der Waals surface area contributed by atoms with Gasteiger partial charge in [0, 0.05) is 32.4 Å². The standard InChI is InChI=1S/C15H24N2.2ClH/c1-17(2)15-11-7-6-8-13(15)12-16-14-9-4-3-5-10-14;;/h6-8,11,14,16H,3-5,9-10,12H2,1-2H3;2*1H.